The van der Waals surface area contributed by atoms with Crippen molar-refractivity contribution in [3.8, 4) is 0 Å². The first-order valence-electron chi connectivity index (χ1n) is 6.04. The highest BCUT2D eigenvalue weighted by molar-refractivity contribution is 7.99. The van der Waals surface area contributed by atoms with Crippen molar-refractivity contribution in [1.82, 2.24) is 24.5 Å². The molecule has 1 amide bonds. The summed E-state index contributed by atoms with van der Waals surface area (Å²) < 4.78 is 1.58. The summed E-state index contributed by atoms with van der Waals surface area (Å²) in [5, 5.41) is 4.77. The Labute approximate surface area is 121 Å². The van der Waals surface area contributed by atoms with Gasteiger partial charge in [-0.15, -0.1) is 18.3 Å². The quantitative estimate of drug-likeness (QED) is 0.570. The second kappa shape index (κ2) is 6.85. The number of hydrogen-bond acceptors (Lipinski definition) is 5. The Bertz CT molecular complexity index is 581. The van der Waals surface area contributed by atoms with Gasteiger partial charge in [-0.25, -0.2) is 9.50 Å². The first-order valence-corrected chi connectivity index (χ1v) is 7.03. The molecule has 0 aliphatic carbocycles. The van der Waals surface area contributed by atoms with Gasteiger partial charge in [-0.3, -0.25) is 4.79 Å². The molecule has 2 rings (SSSR count). The lowest BCUT2D eigenvalue weighted by molar-refractivity contribution is -0.127. The number of hydrogen-bond donors (Lipinski definition) is 0. The van der Waals surface area contributed by atoms with E-state index in [4.69, 9.17) is 0 Å². The zero-order valence-electron chi connectivity index (χ0n) is 11.0. The molecule has 2 aromatic rings. The summed E-state index contributed by atoms with van der Waals surface area (Å²) in [7, 11) is 0. The minimum absolute atomic E-state index is 0.00150. The van der Waals surface area contributed by atoms with Crippen molar-refractivity contribution in [3.63, 3.8) is 0 Å². The number of carbonyl (C=O) groups excluding carboxylic acids is 1. The highest BCUT2D eigenvalue weighted by Gasteiger charge is 2.13. The Morgan fingerprint density at radius 1 is 1.40 bits per heavy atom. The Morgan fingerprint density at radius 3 is 2.80 bits per heavy atom. The molecule has 0 aliphatic rings. The van der Waals surface area contributed by atoms with Crippen molar-refractivity contribution in [2.75, 3.05) is 18.8 Å². The molecule has 6 nitrogen and oxygen atoms in total. The molecule has 7 heteroatoms. The number of amides is 1. The van der Waals surface area contributed by atoms with Crippen molar-refractivity contribution in [3.05, 3.63) is 43.8 Å². The van der Waals surface area contributed by atoms with E-state index < -0.39 is 0 Å². The van der Waals surface area contributed by atoms with Gasteiger partial charge >= 0.3 is 0 Å². The van der Waals surface area contributed by atoms with Gasteiger partial charge in [-0.2, -0.15) is 4.98 Å². The summed E-state index contributed by atoms with van der Waals surface area (Å²) in [6, 6.07) is 1.77. The SMILES string of the molecule is C=CCN(CC=C)C(=O)CSc1nc2ncccn2n1. The van der Waals surface area contributed by atoms with Crippen molar-refractivity contribution >= 4 is 23.4 Å². The van der Waals surface area contributed by atoms with Gasteiger partial charge in [0.15, 0.2) is 0 Å². The summed E-state index contributed by atoms with van der Waals surface area (Å²) in [5.74, 6) is 0.802. The van der Waals surface area contributed by atoms with Crippen LogP contribution in [0.15, 0.2) is 48.9 Å². The fourth-order valence-electron chi connectivity index (χ4n) is 1.58. The average Bonchev–Trinajstić information content (AvgIpc) is 2.87. The molecule has 104 valence electrons. The monoisotopic (exact) mass is 289 g/mol. The molecule has 0 radical (unpaired) electrons. The maximum absolute atomic E-state index is 12.0. The molecule has 0 unspecified atom stereocenters. The predicted molar refractivity (Wildman–Crippen MR) is 78.5 cm³/mol. The van der Waals surface area contributed by atoms with Gasteiger partial charge in [0, 0.05) is 25.5 Å². The normalized spacial score (nSPS) is 10.4. The minimum atomic E-state index is 0.00150. The van der Waals surface area contributed by atoms with Crippen LogP contribution in [0.3, 0.4) is 0 Å². The van der Waals surface area contributed by atoms with E-state index in [2.05, 4.69) is 28.2 Å². The van der Waals surface area contributed by atoms with Crippen LogP contribution >= 0.6 is 11.8 Å². The van der Waals surface area contributed by atoms with E-state index in [0.717, 1.165) is 0 Å². The van der Waals surface area contributed by atoms with E-state index in [0.29, 0.717) is 24.0 Å². The minimum Gasteiger partial charge on any atom is -0.335 e. The van der Waals surface area contributed by atoms with Crippen LogP contribution in [-0.4, -0.2) is 49.2 Å². The standard InChI is InChI=1S/C13H15N5OS/c1-3-7-17(8-4-2)11(19)10-20-13-15-12-14-6-5-9-18(12)16-13/h3-6,9H,1-2,7-8,10H2. The van der Waals surface area contributed by atoms with Crippen LogP contribution in [0.4, 0.5) is 0 Å². The second-order valence-electron chi connectivity index (χ2n) is 3.92. The van der Waals surface area contributed by atoms with E-state index in [9.17, 15) is 4.79 Å². The topological polar surface area (TPSA) is 63.4 Å². The molecular formula is C13H15N5OS. The molecule has 0 saturated carbocycles. The highest BCUT2D eigenvalue weighted by Crippen LogP contribution is 2.14. The highest BCUT2D eigenvalue weighted by atomic mass is 32.2. The van der Waals surface area contributed by atoms with Crippen LogP contribution in [0.25, 0.3) is 5.78 Å². The molecule has 20 heavy (non-hydrogen) atoms. The number of carbonyl (C=O) groups is 1. The van der Waals surface area contributed by atoms with Crippen LogP contribution in [0.1, 0.15) is 0 Å². The van der Waals surface area contributed by atoms with Crippen LogP contribution in [0.5, 0.6) is 0 Å². The number of nitrogens with zero attached hydrogens (tertiary/aromatic N) is 5. The first-order chi connectivity index (χ1) is 9.74. The predicted octanol–water partition coefficient (Wildman–Crippen LogP) is 1.42. The molecule has 2 aromatic heterocycles. The second-order valence-corrected chi connectivity index (χ2v) is 4.87. The Balaban J connectivity index is 1.98. The number of thioether (sulfide) groups is 1. The van der Waals surface area contributed by atoms with E-state index in [1.807, 2.05) is 0 Å². The fraction of sp³-hybridized carbons (Fsp3) is 0.231. The van der Waals surface area contributed by atoms with Crippen LogP contribution in [-0.2, 0) is 4.79 Å². The Kier molecular flexibility index (Phi) is 4.89. The van der Waals surface area contributed by atoms with Crippen molar-refractivity contribution < 1.29 is 4.79 Å². The van der Waals surface area contributed by atoms with Crippen molar-refractivity contribution in [2.24, 2.45) is 0 Å². The van der Waals surface area contributed by atoms with Crippen molar-refractivity contribution in [2.45, 2.75) is 5.16 Å². The summed E-state index contributed by atoms with van der Waals surface area (Å²) in [4.78, 5) is 22.0. The molecule has 0 N–H and O–H groups in total. The Morgan fingerprint density at radius 2 is 2.15 bits per heavy atom. The molecule has 0 spiro atoms. The van der Waals surface area contributed by atoms with E-state index >= 15 is 0 Å². The summed E-state index contributed by atoms with van der Waals surface area (Å²) in [6.07, 6.45) is 6.81. The lowest BCUT2D eigenvalue weighted by atomic mass is 10.4. The first kappa shape index (κ1) is 14.3. The van der Waals surface area contributed by atoms with Gasteiger partial charge in [-0.1, -0.05) is 23.9 Å². The molecule has 0 saturated heterocycles. The number of rotatable bonds is 7. The average molecular weight is 289 g/mol. The summed E-state index contributed by atoms with van der Waals surface area (Å²) in [5.41, 5.74) is 0. The zero-order valence-corrected chi connectivity index (χ0v) is 11.8. The third-order valence-electron chi connectivity index (χ3n) is 2.47. The summed E-state index contributed by atoms with van der Waals surface area (Å²) in [6.45, 7) is 8.29. The lowest BCUT2D eigenvalue weighted by Crippen LogP contribution is -2.32. The van der Waals surface area contributed by atoms with Gasteiger partial charge in [0.05, 0.1) is 5.75 Å². The molecule has 0 aromatic carbocycles. The van der Waals surface area contributed by atoms with Crippen LogP contribution in [0, 0.1) is 0 Å². The largest absolute Gasteiger partial charge is 0.335 e. The molecule has 0 atom stereocenters. The lowest BCUT2D eigenvalue weighted by Gasteiger charge is -2.18. The molecule has 0 aliphatic heterocycles. The van der Waals surface area contributed by atoms with Gasteiger partial charge in [0.1, 0.15) is 0 Å². The van der Waals surface area contributed by atoms with Gasteiger partial charge in [-0.05, 0) is 6.07 Å². The zero-order chi connectivity index (χ0) is 14.4. The van der Waals surface area contributed by atoms with E-state index in [1.165, 1.54) is 11.8 Å². The van der Waals surface area contributed by atoms with E-state index in [-0.39, 0.29) is 11.7 Å². The third kappa shape index (κ3) is 3.45. The van der Waals surface area contributed by atoms with Gasteiger partial charge < -0.3 is 4.90 Å². The van der Waals surface area contributed by atoms with E-state index in [1.54, 1.807) is 40.0 Å². The summed E-state index contributed by atoms with van der Waals surface area (Å²) >= 11 is 1.29. The fourth-order valence-corrected chi connectivity index (χ4v) is 2.31. The maximum atomic E-state index is 12.0. The smallest absolute Gasteiger partial charge is 0.253 e. The molecule has 0 fully saturated rings. The molecule has 2 heterocycles. The molecule has 0 bridgehead atoms. The maximum Gasteiger partial charge on any atom is 0.253 e. The Hall–Kier alpha value is -2.15. The van der Waals surface area contributed by atoms with Crippen LogP contribution < -0.4 is 0 Å². The van der Waals surface area contributed by atoms with Crippen LogP contribution in [0.2, 0.25) is 0 Å². The molecular weight excluding hydrogens is 274 g/mol. The van der Waals surface area contributed by atoms with Gasteiger partial charge in [0.25, 0.3) is 5.78 Å². The van der Waals surface area contributed by atoms with Crippen molar-refractivity contribution in [1.29, 1.82) is 0 Å². The number of fused-ring (bicyclic) bond motifs is 1. The number of aromatic nitrogens is 4. The van der Waals surface area contributed by atoms with Gasteiger partial charge in [0.2, 0.25) is 11.1 Å². The third-order valence-corrected chi connectivity index (χ3v) is 3.30.